The average molecular weight is 440 g/mol. The minimum absolute atomic E-state index is 0.465. The molecule has 5 nitrogen and oxygen atoms in total. The Labute approximate surface area is 196 Å². The Balaban J connectivity index is 1.34. The molecule has 0 bridgehead atoms. The van der Waals surface area contributed by atoms with Crippen molar-refractivity contribution in [1.29, 1.82) is 0 Å². The number of pyridine rings is 2. The van der Waals surface area contributed by atoms with Gasteiger partial charge in [0, 0.05) is 49.2 Å². The Morgan fingerprint density at radius 1 is 0.970 bits per heavy atom. The molecule has 1 saturated heterocycles. The van der Waals surface area contributed by atoms with E-state index < -0.39 is 0 Å². The lowest BCUT2D eigenvalue weighted by molar-refractivity contribution is 0.119. The Bertz CT molecular complexity index is 1270. The molecule has 1 aliphatic heterocycles. The summed E-state index contributed by atoms with van der Waals surface area (Å²) >= 11 is 0. The van der Waals surface area contributed by atoms with Gasteiger partial charge in [0.2, 0.25) is 0 Å². The fourth-order valence-electron chi connectivity index (χ4n) is 5.04. The highest BCUT2D eigenvalue weighted by Crippen LogP contribution is 2.31. The van der Waals surface area contributed by atoms with Crippen LogP contribution >= 0.6 is 0 Å². The van der Waals surface area contributed by atoms with E-state index in [1.165, 1.54) is 22.3 Å². The lowest BCUT2D eigenvalue weighted by Crippen LogP contribution is -2.45. The number of aromatic nitrogens is 2. The number of likely N-dealkylation sites (N-methyl/N-ethyl adjacent to an activating group) is 1. The second-order valence-corrected chi connectivity index (χ2v) is 9.40. The van der Waals surface area contributed by atoms with Gasteiger partial charge in [0.15, 0.2) is 5.82 Å². The molecule has 1 atom stereocenters. The van der Waals surface area contributed by atoms with E-state index in [2.05, 4.69) is 72.1 Å². The largest absolute Gasteiger partial charge is 0.382 e. The first-order valence-corrected chi connectivity index (χ1v) is 11.9. The summed E-state index contributed by atoms with van der Waals surface area (Å²) in [5, 5.41) is 2.25. The highest BCUT2D eigenvalue weighted by molar-refractivity contribution is 6.09. The number of nitrogens with zero attached hydrogens (tertiary/aromatic N) is 4. The molecule has 2 aromatic heterocycles. The molecule has 5 heteroatoms. The molecular formula is C28H33N5. The van der Waals surface area contributed by atoms with Crippen LogP contribution in [0.1, 0.15) is 35.2 Å². The molecule has 33 heavy (non-hydrogen) atoms. The summed E-state index contributed by atoms with van der Waals surface area (Å²) < 4.78 is 0. The van der Waals surface area contributed by atoms with Crippen molar-refractivity contribution in [3.05, 3.63) is 77.0 Å². The molecule has 4 aromatic rings. The summed E-state index contributed by atoms with van der Waals surface area (Å²) in [5.41, 5.74) is 13.2. The molecule has 2 aromatic carbocycles. The van der Waals surface area contributed by atoms with Crippen LogP contribution in [0.2, 0.25) is 0 Å². The predicted octanol–water partition coefficient (Wildman–Crippen LogP) is 4.77. The zero-order chi connectivity index (χ0) is 22.9. The zero-order valence-corrected chi connectivity index (χ0v) is 19.9. The lowest BCUT2D eigenvalue weighted by Gasteiger charge is -2.36. The number of hydrogen-bond donors (Lipinski definition) is 1. The van der Waals surface area contributed by atoms with E-state index in [1.807, 2.05) is 18.3 Å². The third kappa shape index (κ3) is 4.31. The highest BCUT2D eigenvalue weighted by atomic mass is 15.3. The van der Waals surface area contributed by atoms with Crippen molar-refractivity contribution in [1.82, 2.24) is 19.8 Å². The molecule has 0 spiro atoms. The van der Waals surface area contributed by atoms with Gasteiger partial charge in [0.25, 0.3) is 0 Å². The summed E-state index contributed by atoms with van der Waals surface area (Å²) in [4.78, 5) is 14.2. The van der Waals surface area contributed by atoms with Gasteiger partial charge in [-0.1, -0.05) is 42.5 Å². The van der Waals surface area contributed by atoms with Crippen LogP contribution in [0.4, 0.5) is 5.82 Å². The number of para-hydroxylation sites is 1. The number of benzene rings is 2. The molecule has 0 aliphatic carbocycles. The molecule has 0 amide bonds. The van der Waals surface area contributed by atoms with Crippen LogP contribution in [0.5, 0.6) is 0 Å². The average Bonchev–Trinajstić information content (AvgIpc) is 2.84. The van der Waals surface area contributed by atoms with Crippen LogP contribution in [-0.4, -0.2) is 53.0 Å². The van der Waals surface area contributed by atoms with Gasteiger partial charge in [-0.05, 0) is 62.1 Å². The third-order valence-corrected chi connectivity index (χ3v) is 7.33. The lowest BCUT2D eigenvalue weighted by atomic mass is 9.96. The summed E-state index contributed by atoms with van der Waals surface area (Å²) in [5.74, 6) is 0.503. The summed E-state index contributed by atoms with van der Waals surface area (Å²) in [6.45, 7) is 9.10. The van der Waals surface area contributed by atoms with Gasteiger partial charge in [0.1, 0.15) is 5.52 Å². The number of hydrogen-bond acceptors (Lipinski definition) is 5. The van der Waals surface area contributed by atoms with E-state index in [9.17, 15) is 0 Å². The fourth-order valence-corrected chi connectivity index (χ4v) is 5.04. The molecule has 1 aliphatic rings. The second-order valence-electron chi connectivity index (χ2n) is 9.40. The van der Waals surface area contributed by atoms with Crippen LogP contribution in [0.25, 0.3) is 21.8 Å². The molecule has 0 saturated carbocycles. The van der Waals surface area contributed by atoms with Gasteiger partial charge in [0.05, 0.1) is 5.52 Å². The Hall–Kier alpha value is -3.02. The number of rotatable bonds is 5. The molecule has 3 heterocycles. The van der Waals surface area contributed by atoms with Gasteiger partial charge < -0.3 is 10.6 Å². The molecule has 170 valence electrons. The number of piperazine rings is 1. The topological polar surface area (TPSA) is 58.3 Å². The fraction of sp³-hybridized carbons (Fsp3) is 0.357. The van der Waals surface area contributed by atoms with Crippen LogP contribution in [0.3, 0.4) is 0 Å². The first-order valence-electron chi connectivity index (χ1n) is 11.9. The first kappa shape index (κ1) is 21.8. The first-order chi connectivity index (χ1) is 16.0. The van der Waals surface area contributed by atoms with Gasteiger partial charge in [-0.15, -0.1) is 0 Å². The zero-order valence-electron chi connectivity index (χ0n) is 19.9. The van der Waals surface area contributed by atoms with Gasteiger partial charge in [-0.25, -0.2) is 4.98 Å². The minimum atomic E-state index is 0.465. The monoisotopic (exact) mass is 439 g/mol. The van der Waals surface area contributed by atoms with Crippen LogP contribution < -0.4 is 5.73 Å². The number of nitrogen functional groups attached to an aromatic ring is 1. The third-order valence-electron chi connectivity index (χ3n) is 7.33. The number of aryl methyl sites for hydroxylation is 3. The molecule has 5 rings (SSSR count). The van der Waals surface area contributed by atoms with Crippen molar-refractivity contribution in [2.75, 3.05) is 39.0 Å². The molecular weight excluding hydrogens is 406 g/mol. The minimum Gasteiger partial charge on any atom is -0.382 e. The normalized spacial score (nSPS) is 16.5. The standard InChI is InChI=1S/C28H33N5/c1-19-23(18-30-27-26(19)24-6-4-5-7-25(24)31-28(27)29)13-10-21-8-11-22(12-9-21)20(2)33-16-14-32(3)15-17-33/h4-9,11-12,18,20H,10,13-17H2,1-3H3,(H2,29,31). The van der Waals surface area contributed by atoms with E-state index >= 15 is 0 Å². The predicted molar refractivity (Wildman–Crippen MR) is 138 cm³/mol. The van der Waals surface area contributed by atoms with E-state index in [-0.39, 0.29) is 0 Å². The van der Waals surface area contributed by atoms with E-state index in [0.29, 0.717) is 11.9 Å². The molecule has 1 unspecified atom stereocenters. The van der Waals surface area contributed by atoms with Crippen molar-refractivity contribution >= 4 is 27.6 Å². The maximum Gasteiger partial charge on any atom is 0.150 e. The molecule has 0 radical (unpaired) electrons. The van der Waals surface area contributed by atoms with Gasteiger partial charge in [-0.3, -0.25) is 9.88 Å². The Kier molecular flexibility index (Phi) is 6.00. The van der Waals surface area contributed by atoms with Crippen molar-refractivity contribution in [2.45, 2.75) is 32.7 Å². The van der Waals surface area contributed by atoms with Gasteiger partial charge in [-0.2, -0.15) is 0 Å². The SMILES string of the molecule is Cc1c(CCc2ccc(C(C)N3CCN(C)CC3)cc2)cnc2c(N)nc3ccccc3c12. The quantitative estimate of drug-likeness (QED) is 0.454. The summed E-state index contributed by atoms with van der Waals surface area (Å²) in [7, 11) is 2.21. The Morgan fingerprint density at radius 2 is 1.70 bits per heavy atom. The van der Waals surface area contributed by atoms with E-state index in [4.69, 9.17) is 10.7 Å². The van der Waals surface area contributed by atoms with Crippen LogP contribution in [0, 0.1) is 6.92 Å². The molecule has 1 fully saturated rings. The van der Waals surface area contributed by atoms with Crippen molar-refractivity contribution in [3.8, 4) is 0 Å². The maximum absolute atomic E-state index is 6.23. The van der Waals surface area contributed by atoms with Crippen LogP contribution in [-0.2, 0) is 12.8 Å². The van der Waals surface area contributed by atoms with Gasteiger partial charge >= 0.3 is 0 Å². The van der Waals surface area contributed by atoms with Crippen molar-refractivity contribution in [3.63, 3.8) is 0 Å². The maximum atomic E-state index is 6.23. The number of nitrogens with two attached hydrogens (primary N) is 1. The summed E-state index contributed by atoms with van der Waals surface area (Å²) in [6, 6.07) is 17.9. The molecule has 2 N–H and O–H groups in total. The number of fused-ring (bicyclic) bond motifs is 3. The Morgan fingerprint density at radius 3 is 2.45 bits per heavy atom. The smallest absolute Gasteiger partial charge is 0.150 e. The summed E-state index contributed by atoms with van der Waals surface area (Å²) in [6.07, 6.45) is 3.93. The highest BCUT2D eigenvalue weighted by Gasteiger charge is 2.20. The van der Waals surface area contributed by atoms with Crippen molar-refractivity contribution < 1.29 is 0 Å². The van der Waals surface area contributed by atoms with E-state index in [1.54, 1.807) is 0 Å². The second kappa shape index (κ2) is 9.08. The number of anilines is 1. The van der Waals surface area contributed by atoms with E-state index in [0.717, 1.165) is 60.8 Å². The van der Waals surface area contributed by atoms with Crippen LogP contribution in [0.15, 0.2) is 54.7 Å². The van der Waals surface area contributed by atoms with Crippen molar-refractivity contribution in [2.24, 2.45) is 0 Å².